The summed E-state index contributed by atoms with van der Waals surface area (Å²) in [6.07, 6.45) is -0.320. The van der Waals surface area contributed by atoms with E-state index in [9.17, 15) is 14.7 Å². The first-order valence-electron chi connectivity index (χ1n) is 11.0. The van der Waals surface area contributed by atoms with Crippen molar-refractivity contribution in [3.63, 3.8) is 0 Å². The summed E-state index contributed by atoms with van der Waals surface area (Å²) < 4.78 is 11.9. The fourth-order valence-electron chi connectivity index (χ4n) is 4.17. The van der Waals surface area contributed by atoms with Gasteiger partial charge in [0.1, 0.15) is 5.75 Å². The Balaban J connectivity index is 2.01. The standard InChI is InChI=1S/C24H33N3O5/c1-5-32-24(30)26-12-10-25(11-13-26)22(19-8-6-17(2)7-9-19)21-20(28)16-18(3)27(23(21)29)14-15-31-4/h6-9,16,22,28H,5,10-15H2,1-4H3. The number of benzene rings is 1. The van der Waals surface area contributed by atoms with Crippen molar-refractivity contribution in [3.05, 3.63) is 63.1 Å². The van der Waals surface area contributed by atoms with Gasteiger partial charge >= 0.3 is 6.09 Å². The maximum atomic E-state index is 13.5. The first-order chi connectivity index (χ1) is 15.4. The van der Waals surface area contributed by atoms with Crippen LogP contribution in [-0.4, -0.2) is 72.1 Å². The highest BCUT2D eigenvalue weighted by molar-refractivity contribution is 5.67. The van der Waals surface area contributed by atoms with Crippen LogP contribution in [-0.2, 0) is 16.0 Å². The van der Waals surface area contributed by atoms with Gasteiger partial charge in [0.15, 0.2) is 0 Å². The van der Waals surface area contributed by atoms with Crippen LogP contribution in [0.2, 0.25) is 0 Å². The Labute approximate surface area is 189 Å². The van der Waals surface area contributed by atoms with Crippen molar-refractivity contribution in [1.82, 2.24) is 14.4 Å². The number of pyridine rings is 1. The number of carbonyl (C=O) groups is 1. The van der Waals surface area contributed by atoms with Crippen LogP contribution in [0.1, 0.15) is 35.3 Å². The maximum Gasteiger partial charge on any atom is 0.409 e. The largest absolute Gasteiger partial charge is 0.507 e. The lowest BCUT2D eigenvalue weighted by Crippen LogP contribution is -2.50. The van der Waals surface area contributed by atoms with Gasteiger partial charge in [-0.05, 0) is 32.4 Å². The highest BCUT2D eigenvalue weighted by atomic mass is 16.6. The number of piperazine rings is 1. The summed E-state index contributed by atoms with van der Waals surface area (Å²) in [5.41, 5.74) is 2.85. The van der Waals surface area contributed by atoms with Gasteiger partial charge in [0.2, 0.25) is 0 Å². The highest BCUT2D eigenvalue weighted by Gasteiger charge is 2.32. The molecule has 2 heterocycles. The normalized spacial score (nSPS) is 15.6. The molecule has 2 aromatic rings. The molecule has 0 spiro atoms. The zero-order chi connectivity index (χ0) is 23.3. The van der Waals surface area contributed by atoms with Gasteiger partial charge in [0.25, 0.3) is 5.56 Å². The van der Waals surface area contributed by atoms with Gasteiger partial charge < -0.3 is 24.0 Å². The van der Waals surface area contributed by atoms with E-state index < -0.39 is 6.04 Å². The fraction of sp³-hybridized carbons (Fsp3) is 0.500. The fourth-order valence-corrected chi connectivity index (χ4v) is 4.17. The van der Waals surface area contributed by atoms with Gasteiger partial charge in [0, 0.05) is 45.5 Å². The molecule has 1 aromatic carbocycles. The summed E-state index contributed by atoms with van der Waals surface area (Å²) in [4.78, 5) is 29.5. The summed E-state index contributed by atoms with van der Waals surface area (Å²) in [6, 6.07) is 9.22. The van der Waals surface area contributed by atoms with Crippen molar-refractivity contribution in [1.29, 1.82) is 0 Å². The van der Waals surface area contributed by atoms with E-state index in [2.05, 4.69) is 4.90 Å². The summed E-state index contributed by atoms with van der Waals surface area (Å²) in [7, 11) is 1.60. The van der Waals surface area contributed by atoms with E-state index in [1.807, 2.05) is 31.2 Å². The number of carbonyl (C=O) groups excluding carboxylic acids is 1. The van der Waals surface area contributed by atoms with Crippen molar-refractivity contribution in [2.24, 2.45) is 0 Å². The molecule has 8 heteroatoms. The number of nitrogens with zero attached hydrogens (tertiary/aromatic N) is 3. The number of hydrogen-bond donors (Lipinski definition) is 1. The topological polar surface area (TPSA) is 84.2 Å². The zero-order valence-corrected chi connectivity index (χ0v) is 19.3. The van der Waals surface area contributed by atoms with Crippen LogP contribution < -0.4 is 5.56 Å². The molecule has 1 N–H and O–H groups in total. The van der Waals surface area contributed by atoms with Gasteiger partial charge in [-0.2, -0.15) is 0 Å². The molecule has 32 heavy (non-hydrogen) atoms. The van der Waals surface area contributed by atoms with Gasteiger partial charge in [-0.25, -0.2) is 4.79 Å². The lowest BCUT2D eigenvalue weighted by Gasteiger charge is -2.39. The van der Waals surface area contributed by atoms with Crippen LogP contribution in [0.3, 0.4) is 0 Å². The molecule has 1 aromatic heterocycles. The molecule has 1 aliphatic heterocycles. The number of aryl methyl sites for hydroxylation is 2. The van der Waals surface area contributed by atoms with Crippen molar-refractivity contribution < 1.29 is 19.4 Å². The van der Waals surface area contributed by atoms with Crippen molar-refractivity contribution >= 4 is 6.09 Å². The molecule has 1 amide bonds. The second-order valence-corrected chi connectivity index (χ2v) is 8.07. The van der Waals surface area contributed by atoms with Crippen molar-refractivity contribution in [2.75, 3.05) is 46.5 Å². The van der Waals surface area contributed by atoms with E-state index in [1.165, 1.54) is 0 Å². The molecule has 1 atom stereocenters. The molecule has 1 fully saturated rings. The monoisotopic (exact) mass is 443 g/mol. The van der Waals surface area contributed by atoms with Crippen LogP contribution in [0.5, 0.6) is 5.75 Å². The first kappa shape index (κ1) is 23.8. The SMILES string of the molecule is CCOC(=O)N1CCN(C(c2ccc(C)cc2)c2c(O)cc(C)n(CCOC)c2=O)CC1. The summed E-state index contributed by atoms with van der Waals surface area (Å²) in [5, 5.41) is 10.9. The van der Waals surface area contributed by atoms with Crippen LogP contribution in [0, 0.1) is 13.8 Å². The second-order valence-electron chi connectivity index (χ2n) is 8.07. The molecule has 1 saturated heterocycles. The van der Waals surface area contributed by atoms with E-state index in [1.54, 1.807) is 36.5 Å². The van der Waals surface area contributed by atoms with Crippen molar-refractivity contribution in [2.45, 2.75) is 33.4 Å². The second kappa shape index (κ2) is 10.7. The third kappa shape index (κ3) is 5.14. The molecule has 3 rings (SSSR count). The third-order valence-electron chi connectivity index (χ3n) is 5.91. The van der Waals surface area contributed by atoms with Crippen LogP contribution >= 0.6 is 0 Å². The lowest BCUT2D eigenvalue weighted by atomic mass is 9.95. The highest BCUT2D eigenvalue weighted by Crippen LogP contribution is 2.33. The average Bonchev–Trinajstić information content (AvgIpc) is 2.77. The summed E-state index contributed by atoms with van der Waals surface area (Å²) in [6.45, 7) is 8.85. The van der Waals surface area contributed by atoms with Gasteiger partial charge in [-0.15, -0.1) is 0 Å². The first-order valence-corrected chi connectivity index (χ1v) is 11.0. The minimum atomic E-state index is -0.429. The quantitative estimate of drug-likeness (QED) is 0.708. The summed E-state index contributed by atoms with van der Waals surface area (Å²) >= 11 is 0. The van der Waals surface area contributed by atoms with Crippen LogP contribution in [0.4, 0.5) is 4.79 Å². The molecule has 1 aliphatic rings. The Hall–Kier alpha value is -2.84. The van der Waals surface area contributed by atoms with Crippen LogP contribution in [0.25, 0.3) is 0 Å². The smallest absolute Gasteiger partial charge is 0.409 e. The van der Waals surface area contributed by atoms with Gasteiger partial charge in [-0.3, -0.25) is 9.69 Å². The Morgan fingerprint density at radius 3 is 2.38 bits per heavy atom. The molecular formula is C24H33N3O5. The van der Waals surface area contributed by atoms with Gasteiger partial charge in [0.05, 0.1) is 24.8 Å². The Morgan fingerprint density at radius 1 is 1.12 bits per heavy atom. The molecule has 0 aliphatic carbocycles. The predicted molar refractivity (Wildman–Crippen MR) is 122 cm³/mol. The zero-order valence-electron chi connectivity index (χ0n) is 19.3. The van der Waals surface area contributed by atoms with E-state index >= 15 is 0 Å². The number of ether oxygens (including phenoxy) is 2. The molecule has 0 saturated carbocycles. The number of rotatable bonds is 7. The Kier molecular flexibility index (Phi) is 7.93. The molecule has 0 radical (unpaired) electrons. The van der Waals surface area contributed by atoms with E-state index in [-0.39, 0.29) is 17.4 Å². The average molecular weight is 444 g/mol. The molecular weight excluding hydrogens is 410 g/mol. The number of amides is 1. The van der Waals surface area contributed by atoms with E-state index in [4.69, 9.17) is 9.47 Å². The number of methoxy groups -OCH3 is 1. The Bertz CT molecular complexity index is 978. The molecule has 0 bridgehead atoms. The molecule has 1 unspecified atom stereocenters. The number of aromatic hydroxyl groups is 1. The minimum absolute atomic E-state index is 0.0143. The van der Waals surface area contributed by atoms with Gasteiger partial charge in [-0.1, -0.05) is 29.8 Å². The minimum Gasteiger partial charge on any atom is -0.507 e. The van der Waals surface area contributed by atoms with Crippen LogP contribution in [0.15, 0.2) is 35.1 Å². The third-order valence-corrected chi connectivity index (χ3v) is 5.91. The van der Waals surface area contributed by atoms with E-state index in [0.29, 0.717) is 57.2 Å². The summed E-state index contributed by atoms with van der Waals surface area (Å²) in [5.74, 6) is -0.0143. The number of aromatic nitrogens is 1. The van der Waals surface area contributed by atoms with Crippen molar-refractivity contribution in [3.8, 4) is 5.75 Å². The van der Waals surface area contributed by atoms with E-state index in [0.717, 1.165) is 11.1 Å². The Morgan fingerprint density at radius 2 is 1.78 bits per heavy atom. The lowest BCUT2D eigenvalue weighted by molar-refractivity contribution is 0.0709. The predicted octanol–water partition coefficient (Wildman–Crippen LogP) is 2.68. The number of hydrogen-bond acceptors (Lipinski definition) is 6. The molecule has 8 nitrogen and oxygen atoms in total. The molecule has 174 valence electrons. The maximum absolute atomic E-state index is 13.5.